The molecule has 2 unspecified atom stereocenters. The van der Waals surface area contributed by atoms with Crippen molar-refractivity contribution >= 4 is 52.5 Å². The molecular weight excluding hydrogens is 415 g/mol. The van der Waals surface area contributed by atoms with Gasteiger partial charge >= 0.3 is 0 Å². The fourth-order valence-corrected chi connectivity index (χ4v) is 3.18. The molecule has 1 heterocycles. The third kappa shape index (κ3) is 6.54. The van der Waals surface area contributed by atoms with Crippen LogP contribution in [0.5, 0.6) is 0 Å². The maximum Gasteiger partial charge on any atom is 0.257 e. The van der Waals surface area contributed by atoms with Gasteiger partial charge in [0.15, 0.2) is 3.79 Å². The predicted molar refractivity (Wildman–Crippen MR) is 106 cm³/mol. The minimum atomic E-state index is -1.56. The average molecular weight is 442 g/mol. The maximum absolute atomic E-state index is 13.2. The van der Waals surface area contributed by atoms with Gasteiger partial charge in [0, 0.05) is 12.5 Å². The zero-order valence-corrected chi connectivity index (χ0v) is 18.5. The Bertz CT molecular complexity index is 602. The molecule has 3 atom stereocenters. The van der Waals surface area contributed by atoms with Crippen LogP contribution in [0.4, 0.5) is 0 Å². The number of nitrogens with one attached hydrogen (secondary N) is 1. The molecule has 1 aliphatic heterocycles. The van der Waals surface area contributed by atoms with Crippen LogP contribution in [0.1, 0.15) is 47.0 Å². The zero-order valence-electron chi connectivity index (χ0n) is 16.2. The molecule has 1 aliphatic rings. The quantitative estimate of drug-likeness (QED) is 0.584. The molecule has 0 aromatic rings. The zero-order chi connectivity index (χ0) is 20.9. The molecule has 0 aromatic carbocycles. The van der Waals surface area contributed by atoms with Crippen molar-refractivity contribution < 1.29 is 19.1 Å². The number of carbonyl (C=O) groups is 3. The number of alkyl halides is 3. The summed E-state index contributed by atoms with van der Waals surface area (Å²) >= 11 is 17.4. The third-order valence-electron chi connectivity index (χ3n) is 4.77. The van der Waals surface area contributed by atoms with Crippen molar-refractivity contribution in [3.63, 3.8) is 0 Å². The van der Waals surface area contributed by atoms with Crippen LogP contribution < -0.4 is 5.32 Å². The summed E-state index contributed by atoms with van der Waals surface area (Å²) in [6.07, 6.45) is 1.65. The van der Waals surface area contributed by atoms with E-state index in [-0.39, 0.29) is 37.0 Å². The van der Waals surface area contributed by atoms with Gasteiger partial charge in [0.2, 0.25) is 5.91 Å². The highest BCUT2D eigenvalue weighted by atomic mass is 35.6. The molecule has 6 nitrogen and oxygen atoms in total. The highest BCUT2D eigenvalue weighted by Gasteiger charge is 2.44. The number of hydrogen-bond acceptors (Lipinski definition) is 4. The molecule has 3 amide bonds. The lowest BCUT2D eigenvalue weighted by Gasteiger charge is -2.34. The maximum atomic E-state index is 13.2. The normalized spacial score (nSPS) is 19.7. The number of carbonyl (C=O) groups excluding carboxylic acids is 3. The van der Waals surface area contributed by atoms with E-state index in [1.165, 1.54) is 13.2 Å². The largest absolute Gasteiger partial charge is 0.499 e. The van der Waals surface area contributed by atoms with Crippen molar-refractivity contribution in [2.24, 2.45) is 11.8 Å². The molecule has 0 aliphatic carbocycles. The molecular formula is C18H27Cl3N2O4. The summed E-state index contributed by atoms with van der Waals surface area (Å²) in [7, 11) is 1.46. The summed E-state index contributed by atoms with van der Waals surface area (Å²) in [5.41, 5.74) is 0. The average Bonchev–Trinajstić information content (AvgIpc) is 2.92. The molecule has 0 fully saturated rings. The predicted octanol–water partition coefficient (Wildman–Crippen LogP) is 3.59. The molecule has 27 heavy (non-hydrogen) atoms. The molecule has 0 saturated carbocycles. The summed E-state index contributed by atoms with van der Waals surface area (Å²) in [5, 5.41) is 2.64. The van der Waals surface area contributed by atoms with Crippen molar-refractivity contribution in [2.45, 2.75) is 62.8 Å². The van der Waals surface area contributed by atoms with E-state index in [9.17, 15) is 14.4 Å². The second-order valence-electron chi connectivity index (χ2n) is 6.97. The van der Waals surface area contributed by atoms with Crippen LogP contribution in [-0.4, -0.2) is 45.6 Å². The highest BCUT2D eigenvalue weighted by Crippen LogP contribution is 2.34. The molecule has 0 radical (unpaired) electrons. The number of nitrogens with zero attached hydrogens (tertiary/aromatic N) is 1. The number of ether oxygens (including phenoxy) is 1. The summed E-state index contributed by atoms with van der Waals surface area (Å²) in [6, 6.07) is -1.51. The van der Waals surface area contributed by atoms with E-state index in [4.69, 9.17) is 39.5 Å². The minimum Gasteiger partial charge on any atom is -0.499 e. The lowest BCUT2D eigenvalue weighted by Crippen LogP contribution is -2.54. The first kappa shape index (κ1) is 24.1. The molecule has 0 aromatic heterocycles. The van der Waals surface area contributed by atoms with Crippen LogP contribution in [0.3, 0.4) is 0 Å². The van der Waals surface area contributed by atoms with Crippen molar-refractivity contribution in [3.05, 3.63) is 11.8 Å². The molecule has 0 bridgehead atoms. The standard InChI is InChI=1S/C18H27Cl3N2O4/c1-6-14(24)22-12(7-8-18(19,20)21)17(26)23-15(25)9-13(27-5)16(23)11(4)10(2)3/h9-12,16H,6-8H2,1-5H3,(H,22,24)/t11-,12?,16?/m0/s1. The first-order chi connectivity index (χ1) is 12.4. The number of imide groups is 1. The van der Waals surface area contributed by atoms with Crippen molar-refractivity contribution in [2.75, 3.05) is 7.11 Å². The van der Waals surface area contributed by atoms with Crippen molar-refractivity contribution in [1.29, 1.82) is 0 Å². The fourth-order valence-electron chi connectivity index (χ4n) is 2.85. The molecule has 0 saturated heterocycles. The molecule has 1 rings (SSSR count). The summed E-state index contributed by atoms with van der Waals surface area (Å²) in [5.74, 6) is -0.744. The molecule has 1 N–H and O–H groups in total. The Labute approximate surface area is 175 Å². The number of methoxy groups -OCH3 is 1. The van der Waals surface area contributed by atoms with Crippen LogP contribution in [-0.2, 0) is 19.1 Å². The lowest BCUT2D eigenvalue weighted by atomic mass is 9.89. The Morgan fingerprint density at radius 1 is 1.30 bits per heavy atom. The first-order valence-electron chi connectivity index (χ1n) is 8.91. The number of halogens is 3. The van der Waals surface area contributed by atoms with Gasteiger partial charge in [-0.1, -0.05) is 62.5 Å². The van der Waals surface area contributed by atoms with Gasteiger partial charge in [-0.05, 0) is 24.7 Å². The summed E-state index contributed by atoms with van der Waals surface area (Å²) < 4.78 is 3.77. The van der Waals surface area contributed by atoms with E-state index in [2.05, 4.69) is 5.32 Å². The Balaban J connectivity index is 3.15. The van der Waals surface area contributed by atoms with E-state index in [0.29, 0.717) is 5.76 Å². The van der Waals surface area contributed by atoms with Crippen molar-refractivity contribution in [3.8, 4) is 0 Å². The van der Waals surface area contributed by atoms with Gasteiger partial charge in [0.05, 0.1) is 7.11 Å². The van der Waals surface area contributed by atoms with Gasteiger partial charge in [-0.15, -0.1) is 0 Å². The van der Waals surface area contributed by atoms with E-state index < -0.39 is 27.7 Å². The Kier molecular flexibility index (Phi) is 8.90. The van der Waals surface area contributed by atoms with Crippen LogP contribution in [0.25, 0.3) is 0 Å². The number of hydrogen-bond donors (Lipinski definition) is 1. The third-order valence-corrected chi connectivity index (χ3v) is 5.33. The van der Waals surface area contributed by atoms with Gasteiger partial charge in [0.25, 0.3) is 11.8 Å². The van der Waals surface area contributed by atoms with Gasteiger partial charge < -0.3 is 10.1 Å². The van der Waals surface area contributed by atoms with E-state index >= 15 is 0 Å². The topological polar surface area (TPSA) is 75.7 Å². The SMILES string of the molecule is CCC(=O)NC(CCC(Cl)(Cl)Cl)C(=O)N1C(=O)C=C(OC)C1[C@@H](C)C(C)C. The Hall–Kier alpha value is -0.980. The van der Waals surface area contributed by atoms with E-state index in [0.717, 1.165) is 4.90 Å². The minimum absolute atomic E-state index is 0.0395. The monoisotopic (exact) mass is 440 g/mol. The van der Waals surface area contributed by atoms with Crippen LogP contribution >= 0.6 is 34.8 Å². The van der Waals surface area contributed by atoms with Gasteiger partial charge in [-0.25, -0.2) is 0 Å². The highest BCUT2D eigenvalue weighted by molar-refractivity contribution is 6.67. The number of rotatable bonds is 8. The molecule has 9 heteroatoms. The Morgan fingerprint density at radius 3 is 2.33 bits per heavy atom. The van der Waals surface area contributed by atoms with Crippen LogP contribution in [0.15, 0.2) is 11.8 Å². The smallest absolute Gasteiger partial charge is 0.257 e. The first-order valence-corrected chi connectivity index (χ1v) is 10.0. The lowest BCUT2D eigenvalue weighted by molar-refractivity contribution is -0.147. The fraction of sp³-hybridized carbons (Fsp3) is 0.722. The van der Waals surface area contributed by atoms with E-state index in [1.54, 1.807) is 6.92 Å². The molecule has 0 spiro atoms. The summed E-state index contributed by atoms with van der Waals surface area (Å²) in [6.45, 7) is 7.62. The van der Waals surface area contributed by atoms with Crippen molar-refractivity contribution in [1.82, 2.24) is 10.2 Å². The second kappa shape index (κ2) is 9.99. The molecule has 154 valence electrons. The Morgan fingerprint density at radius 2 is 1.89 bits per heavy atom. The number of amides is 3. The second-order valence-corrected chi connectivity index (χ2v) is 9.49. The van der Waals surface area contributed by atoms with Gasteiger partial charge in [-0.3, -0.25) is 19.3 Å². The van der Waals surface area contributed by atoms with Crippen LogP contribution in [0, 0.1) is 11.8 Å². The van der Waals surface area contributed by atoms with Gasteiger partial charge in [0.1, 0.15) is 17.8 Å². The van der Waals surface area contributed by atoms with Crippen LogP contribution in [0.2, 0.25) is 0 Å². The van der Waals surface area contributed by atoms with Gasteiger partial charge in [-0.2, -0.15) is 0 Å². The summed E-state index contributed by atoms with van der Waals surface area (Å²) in [4.78, 5) is 38.8. The van der Waals surface area contributed by atoms with E-state index in [1.807, 2.05) is 20.8 Å².